The number of hydrogen-bond acceptors (Lipinski definition) is 3. The summed E-state index contributed by atoms with van der Waals surface area (Å²) in [5, 5.41) is 2.58. The summed E-state index contributed by atoms with van der Waals surface area (Å²) in [6.07, 6.45) is 0. The zero-order valence-electron chi connectivity index (χ0n) is 14.7. The average Bonchev–Trinajstić information content (AvgIpc) is 2.56. The van der Waals surface area contributed by atoms with E-state index in [2.05, 4.69) is 5.32 Å². The van der Waals surface area contributed by atoms with Crippen molar-refractivity contribution in [3.8, 4) is 0 Å². The predicted molar refractivity (Wildman–Crippen MR) is 95.4 cm³/mol. The minimum absolute atomic E-state index is 0.00730. The molecule has 0 unspecified atom stereocenters. The van der Waals surface area contributed by atoms with Gasteiger partial charge in [0, 0.05) is 19.3 Å². The van der Waals surface area contributed by atoms with E-state index in [9.17, 15) is 18.4 Å². The lowest BCUT2D eigenvalue weighted by atomic mass is 10.2. The van der Waals surface area contributed by atoms with Crippen molar-refractivity contribution in [1.82, 2.24) is 9.80 Å². The molecule has 2 aromatic rings. The van der Waals surface area contributed by atoms with Gasteiger partial charge in [0.1, 0.15) is 11.6 Å². The number of nitrogens with one attached hydrogen (secondary N) is 1. The largest absolute Gasteiger partial charge is 0.340 e. The Labute approximate surface area is 151 Å². The number of carbonyl (C=O) groups excluding carboxylic acids is 2. The molecule has 138 valence electrons. The highest BCUT2D eigenvalue weighted by Gasteiger charge is 2.14. The molecule has 26 heavy (non-hydrogen) atoms. The number of halogens is 2. The van der Waals surface area contributed by atoms with Gasteiger partial charge in [0.25, 0.3) is 0 Å². The molecule has 1 N–H and O–H groups in total. The molecule has 0 bridgehead atoms. The highest BCUT2D eigenvalue weighted by atomic mass is 19.1. The maximum absolute atomic E-state index is 13.1. The molecule has 0 spiro atoms. The van der Waals surface area contributed by atoms with Crippen molar-refractivity contribution in [3.05, 3.63) is 65.7 Å². The summed E-state index contributed by atoms with van der Waals surface area (Å²) < 4.78 is 26.0. The van der Waals surface area contributed by atoms with Crippen LogP contribution in [0.2, 0.25) is 0 Å². The van der Waals surface area contributed by atoms with Crippen molar-refractivity contribution in [3.63, 3.8) is 0 Å². The first-order valence-corrected chi connectivity index (χ1v) is 8.06. The van der Waals surface area contributed by atoms with E-state index in [0.29, 0.717) is 12.2 Å². The zero-order chi connectivity index (χ0) is 19.1. The zero-order valence-corrected chi connectivity index (χ0v) is 14.7. The van der Waals surface area contributed by atoms with Crippen LogP contribution in [0.15, 0.2) is 48.5 Å². The minimum atomic E-state index is -0.436. The molecule has 0 aliphatic rings. The summed E-state index contributed by atoms with van der Waals surface area (Å²) in [6.45, 7) is 0.392. The van der Waals surface area contributed by atoms with Gasteiger partial charge in [-0.2, -0.15) is 0 Å². The van der Waals surface area contributed by atoms with Crippen LogP contribution in [0.4, 0.5) is 14.5 Å². The second-order valence-corrected chi connectivity index (χ2v) is 6.11. The normalized spacial score (nSPS) is 10.7. The van der Waals surface area contributed by atoms with Gasteiger partial charge in [-0.25, -0.2) is 8.78 Å². The van der Waals surface area contributed by atoms with Gasteiger partial charge in [-0.1, -0.05) is 18.2 Å². The molecule has 5 nitrogen and oxygen atoms in total. The van der Waals surface area contributed by atoms with Gasteiger partial charge in [-0.3, -0.25) is 14.5 Å². The SMILES string of the molecule is CN(CC(=O)Nc1cccc(F)c1)CC(=O)N(C)Cc1ccc(F)cc1. The molecular weight excluding hydrogens is 340 g/mol. The summed E-state index contributed by atoms with van der Waals surface area (Å²) in [4.78, 5) is 27.3. The summed E-state index contributed by atoms with van der Waals surface area (Å²) in [6, 6.07) is 11.5. The number of rotatable bonds is 7. The molecule has 2 amide bonds. The second-order valence-electron chi connectivity index (χ2n) is 6.11. The minimum Gasteiger partial charge on any atom is -0.340 e. The Morgan fingerprint density at radius 3 is 2.31 bits per heavy atom. The van der Waals surface area contributed by atoms with E-state index in [1.807, 2.05) is 0 Å². The van der Waals surface area contributed by atoms with Crippen molar-refractivity contribution < 1.29 is 18.4 Å². The summed E-state index contributed by atoms with van der Waals surface area (Å²) in [5.74, 6) is -1.28. The Kier molecular flexibility index (Phi) is 6.80. The number of carbonyl (C=O) groups is 2. The second kappa shape index (κ2) is 9.05. The summed E-state index contributed by atoms with van der Waals surface area (Å²) in [5.41, 5.74) is 1.18. The molecule has 0 saturated carbocycles. The predicted octanol–water partition coefficient (Wildman–Crippen LogP) is 2.49. The van der Waals surface area contributed by atoms with E-state index >= 15 is 0 Å². The highest BCUT2D eigenvalue weighted by molar-refractivity contribution is 5.92. The lowest BCUT2D eigenvalue weighted by molar-refractivity contribution is -0.131. The molecule has 0 saturated heterocycles. The number of likely N-dealkylation sites (N-methyl/N-ethyl adjacent to an activating group) is 2. The third-order valence-corrected chi connectivity index (χ3v) is 3.69. The fourth-order valence-electron chi connectivity index (χ4n) is 2.37. The van der Waals surface area contributed by atoms with Crippen LogP contribution in [0.1, 0.15) is 5.56 Å². The van der Waals surface area contributed by atoms with Crippen molar-refractivity contribution in [2.75, 3.05) is 32.5 Å². The number of amides is 2. The van der Waals surface area contributed by atoms with Crippen LogP contribution in [0.25, 0.3) is 0 Å². The van der Waals surface area contributed by atoms with Crippen LogP contribution < -0.4 is 5.32 Å². The van der Waals surface area contributed by atoms with Gasteiger partial charge >= 0.3 is 0 Å². The smallest absolute Gasteiger partial charge is 0.238 e. The van der Waals surface area contributed by atoms with Gasteiger partial charge in [0.05, 0.1) is 13.1 Å². The summed E-state index contributed by atoms with van der Waals surface area (Å²) in [7, 11) is 3.29. The van der Waals surface area contributed by atoms with Gasteiger partial charge in [0.2, 0.25) is 11.8 Å². The molecule has 2 rings (SSSR count). The van der Waals surface area contributed by atoms with Crippen molar-refractivity contribution >= 4 is 17.5 Å². The molecule has 0 fully saturated rings. The van der Waals surface area contributed by atoms with Crippen LogP contribution in [0.5, 0.6) is 0 Å². The first-order chi connectivity index (χ1) is 12.3. The first-order valence-electron chi connectivity index (χ1n) is 8.06. The standard InChI is InChI=1S/C19H21F2N3O2/c1-23(12-18(25)22-17-5-3-4-16(21)10-17)13-19(26)24(2)11-14-6-8-15(20)9-7-14/h3-10H,11-13H2,1-2H3,(H,22,25). The molecule has 0 atom stereocenters. The Bertz CT molecular complexity index is 766. The number of hydrogen-bond donors (Lipinski definition) is 1. The lowest BCUT2D eigenvalue weighted by Gasteiger charge is -2.21. The highest BCUT2D eigenvalue weighted by Crippen LogP contribution is 2.09. The Balaban J connectivity index is 1.80. The van der Waals surface area contributed by atoms with Crippen LogP contribution in [-0.2, 0) is 16.1 Å². The maximum atomic E-state index is 13.1. The molecule has 0 radical (unpaired) electrons. The van der Waals surface area contributed by atoms with Crippen molar-refractivity contribution in [2.45, 2.75) is 6.54 Å². The Hall–Kier alpha value is -2.80. The summed E-state index contributed by atoms with van der Waals surface area (Å²) >= 11 is 0. The van der Waals surface area contributed by atoms with Crippen LogP contribution in [-0.4, -0.2) is 48.8 Å². The Morgan fingerprint density at radius 1 is 0.962 bits per heavy atom. The van der Waals surface area contributed by atoms with Crippen molar-refractivity contribution in [1.29, 1.82) is 0 Å². The molecule has 0 aliphatic carbocycles. The fraction of sp³-hybridized carbons (Fsp3) is 0.263. The molecule has 0 heterocycles. The van der Waals surface area contributed by atoms with Crippen LogP contribution in [0, 0.1) is 11.6 Å². The molecule has 0 aliphatic heterocycles. The molecule has 0 aromatic heterocycles. The van der Waals surface area contributed by atoms with E-state index in [0.717, 1.165) is 5.56 Å². The first kappa shape index (κ1) is 19.5. The topological polar surface area (TPSA) is 52.7 Å². The van der Waals surface area contributed by atoms with Crippen LogP contribution >= 0.6 is 0 Å². The molecule has 2 aromatic carbocycles. The monoisotopic (exact) mass is 361 g/mol. The average molecular weight is 361 g/mol. The van der Waals surface area contributed by atoms with E-state index in [1.165, 1.54) is 35.2 Å². The maximum Gasteiger partial charge on any atom is 0.238 e. The molecule has 7 heteroatoms. The van der Waals surface area contributed by atoms with E-state index in [4.69, 9.17) is 0 Å². The third-order valence-electron chi connectivity index (χ3n) is 3.69. The van der Waals surface area contributed by atoms with E-state index < -0.39 is 5.82 Å². The van der Waals surface area contributed by atoms with E-state index in [-0.39, 0.29) is 30.7 Å². The van der Waals surface area contributed by atoms with Gasteiger partial charge < -0.3 is 10.2 Å². The quantitative estimate of drug-likeness (QED) is 0.824. The van der Waals surface area contributed by atoms with Crippen LogP contribution in [0.3, 0.4) is 0 Å². The molecular formula is C19H21F2N3O2. The van der Waals surface area contributed by atoms with Gasteiger partial charge in [-0.05, 0) is 42.9 Å². The number of nitrogens with zero attached hydrogens (tertiary/aromatic N) is 2. The Morgan fingerprint density at radius 2 is 1.65 bits per heavy atom. The number of anilines is 1. The van der Waals surface area contributed by atoms with Crippen molar-refractivity contribution in [2.24, 2.45) is 0 Å². The lowest BCUT2D eigenvalue weighted by Crippen LogP contribution is -2.39. The fourth-order valence-corrected chi connectivity index (χ4v) is 2.37. The van der Waals surface area contributed by atoms with Gasteiger partial charge in [0.15, 0.2) is 0 Å². The third kappa shape index (κ3) is 6.25. The van der Waals surface area contributed by atoms with E-state index in [1.54, 1.807) is 37.2 Å². The van der Waals surface area contributed by atoms with Gasteiger partial charge in [-0.15, -0.1) is 0 Å². The number of benzene rings is 2.